The highest BCUT2D eigenvalue weighted by Crippen LogP contribution is 2.58. The lowest BCUT2D eigenvalue weighted by Gasteiger charge is -2.46. The number of hydrogen-bond acceptors (Lipinski definition) is 2. The number of anilines is 6. The highest BCUT2D eigenvalue weighted by molar-refractivity contribution is 7.00. The molecule has 6 heteroatoms. The molecular weight excluding hydrogens is 1500 g/mol. The number of nitrogens with zero attached hydrogens (tertiary/aromatic N) is 5. The van der Waals surface area contributed by atoms with Crippen molar-refractivity contribution in [3.8, 4) is 55.9 Å². The van der Waals surface area contributed by atoms with Crippen LogP contribution in [0.15, 0.2) is 364 Å². The van der Waals surface area contributed by atoms with Crippen molar-refractivity contribution >= 4 is 160 Å². The molecule has 596 valence electrons. The predicted molar refractivity (Wildman–Crippen MR) is 533 cm³/mol. The standard InChI is InChI=1S/C118H96BN5/c1-115(2,3)77-56-62-103-96(64-77)97-65-78(116(4,5)6)57-63-104(97)121(103)81-58-60-98-105(70-81)123(112-92(73-36-17-13-18-37-73)66-79(117(7,8)9)67-93(112)74-38-19-14-20-39-74)108-72-107-109(91-52-35-51-90-86-47-28-26-45-84(86)83-44-25-27-46-85(83)87-48-29-34-55-102(87)122(107)111(90)91)114-110(108)119(98)99-61-59-82(120-100-53-32-30-49-88(100)89-50-31-33-54-101(89)120)71-106(99)124(114)113-94(75-40-21-15-22-41-75)68-80(118(10,11)12)69-95(113)76-42-23-16-24-43-76/h13-72H,1-12H3/i30D,31D,32D,33D,49D,50D,53D,54D. The van der Waals surface area contributed by atoms with Crippen molar-refractivity contribution < 1.29 is 11.0 Å². The van der Waals surface area contributed by atoms with Gasteiger partial charge in [-0.25, -0.2) is 0 Å². The molecule has 0 bridgehead atoms. The van der Waals surface area contributed by atoms with E-state index < -0.39 is 48.4 Å². The Morgan fingerprint density at radius 2 is 0.621 bits per heavy atom. The molecule has 17 aromatic carbocycles. The second-order valence-electron chi connectivity index (χ2n) is 38.2. The smallest absolute Gasteiger partial charge is 0.252 e. The van der Waals surface area contributed by atoms with Crippen LogP contribution in [0.25, 0.3) is 159 Å². The van der Waals surface area contributed by atoms with Gasteiger partial charge in [0.25, 0.3) is 6.71 Å². The molecule has 0 unspecified atom stereocenters. The molecule has 0 fully saturated rings. The molecule has 0 radical (unpaired) electrons. The molecule has 0 N–H and O–H groups in total. The van der Waals surface area contributed by atoms with Gasteiger partial charge < -0.3 is 23.3 Å². The van der Waals surface area contributed by atoms with Crippen LogP contribution in [0.5, 0.6) is 0 Å². The first-order chi connectivity index (χ1) is 63.4. The van der Waals surface area contributed by atoms with Crippen LogP contribution >= 0.6 is 0 Å². The Morgan fingerprint density at radius 1 is 0.250 bits per heavy atom. The van der Waals surface area contributed by atoms with E-state index in [0.29, 0.717) is 5.69 Å². The van der Waals surface area contributed by atoms with Crippen LogP contribution in [0.2, 0.25) is 0 Å². The first kappa shape index (κ1) is 66.5. The molecule has 23 rings (SSSR count). The zero-order valence-corrected chi connectivity index (χ0v) is 71.8. The van der Waals surface area contributed by atoms with Gasteiger partial charge in [0.15, 0.2) is 0 Å². The monoisotopic (exact) mass is 1600 g/mol. The fraction of sp³-hybridized carbons (Fsp3) is 0.136. The van der Waals surface area contributed by atoms with E-state index in [4.69, 9.17) is 0 Å². The number of fused-ring (bicyclic) bond motifs is 21. The number of aromatic nitrogens is 3. The summed E-state index contributed by atoms with van der Waals surface area (Å²) in [5, 5.41) is 10.7. The van der Waals surface area contributed by atoms with Gasteiger partial charge in [-0.05, 0) is 201 Å². The van der Waals surface area contributed by atoms with Crippen LogP contribution in [-0.4, -0.2) is 20.2 Å². The molecule has 21 aromatic rings. The summed E-state index contributed by atoms with van der Waals surface area (Å²) in [6, 6.07) is 114. The Morgan fingerprint density at radius 3 is 1.07 bits per heavy atom. The lowest BCUT2D eigenvalue weighted by atomic mass is 9.33. The van der Waals surface area contributed by atoms with Crippen LogP contribution in [-0.2, 0) is 21.7 Å². The lowest BCUT2D eigenvalue weighted by molar-refractivity contribution is 0.590. The van der Waals surface area contributed by atoms with Crippen molar-refractivity contribution in [2.45, 2.75) is 105 Å². The summed E-state index contributed by atoms with van der Waals surface area (Å²) in [5.41, 5.74) is 26.4. The Balaban J connectivity index is 1.00. The molecule has 2 aliphatic rings. The van der Waals surface area contributed by atoms with Crippen LogP contribution in [0, 0.1) is 0 Å². The Kier molecular flexibility index (Phi) is 14.8. The zero-order valence-electron chi connectivity index (χ0n) is 79.8. The lowest BCUT2D eigenvalue weighted by Crippen LogP contribution is -2.61. The zero-order chi connectivity index (χ0) is 91.1. The first-order valence-electron chi connectivity index (χ1n) is 47.4. The third-order valence-electron chi connectivity index (χ3n) is 26.6. The van der Waals surface area contributed by atoms with E-state index in [-0.39, 0.29) is 50.1 Å². The van der Waals surface area contributed by atoms with Gasteiger partial charge in [0.2, 0.25) is 0 Å². The molecule has 0 atom stereocenters. The minimum Gasteiger partial charge on any atom is -0.310 e. The molecular formula is C118H96BN5. The quantitative estimate of drug-likeness (QED) is 0.141. The summed E-state index contributed by atoms with van der Waals surface area (Å²) in [7, 11) is 0. The first-order valence-corrected chi connectivity index (χ1v) is 43.4. The summed E-state index contributed by atoms with van der Waals surface area (Å²) < 4.78 is 84.8. The summed E-state index contributed by atoms with van der Waals surface area (Å²) in [6.07, 6.45) is 0. The van der Waals surface area contributed by atoms with Crippen LogP contribution in [0.3, 0.4) is 0 Å². The van der Waals surface area contributed by atoms with Gasteiger partial charge in [-0.1, -0.05) is 350 Å². The molecule has 2 aliphatic heterocycles. The van der Waals surface area contributed by atoms with Crippen LogP contribution in [0.1, 0.15) is 116 Å². The third kappa shape index (κ3) is 11.5. The van der Waals surface area contributed by atoms with Crippen molar-refractivity contribution in [2.24, 2.45) is 0 Å². The molecule has 6 heterocycles. The molecule has 124 heavy (non-hydrogen) atoms. The SMILES string of the molecule is [2H]c1c([2H])c([2H])c2c(c1[2H])c1c([2H])c([2H])c([2H])c([2H])c1n2-c1ccc2c(c1)N(c1c(-c3ccccc3)cc(C(C)(C)C)cc1-c1ccccc1)c1c3c(cc4c1c1cccc5c6ccccc6c6ccccc6c6ccccc6n4c51)N(c1c(-c4ccccc4)cc(C(C)(C)C)cc1-c1ccccc1)c1cc(-n4c5ccc(C(C)(C)C)cc5c5cc(C(C)(C)C)ccc54)ccc1B23. The van der Waals surface area contributed by atoms with Gasteiger partial charge in [-0.2, -0.15) is 0 Å². The summed E-state index contributed by atoms with van der Waals surface area (Å²) in [6.45, 7) is 26.9. The third-order valence-corrected chi connectivity index (χ3v) is 26.6. The predicted octanol–water partition coefficient (Wildman–Crippen LogP) is 30.4. The van der Waals surface area contributed by atoms with Gasteiger partial charge in [0.1, 0.15) is 0 Å². The maximum atomic E-state index is 10.2. The summed E-state index contributed by atoms with van der Waals surface area (Å²) in [5.74, 6) is 0. The maximum Gasteiger partial charge on any atom is 0.252 e. The van der Waals surface area contributed by atoms with Crippen LogP contribution in [0.4, 0.5) is 34.1 Å². The molecule has 0 amide bonds. The summed E-state index contributed by atoms with van der Waals surface area (Å²) in [4.78, 5) is 5.23. The molecule has 0 aliphatic carbocycles. The van der Waals surface area contributed by atoms with Crippen molar-refractivity contribution in [3.63, 3.8) is 0 Å². The van der Waals surface area contributed by atoms with Crippen LogP contribution < -0.4 is 26.2 Å². The molecule has 0 spiro atoms. The highest BCUT2D eigenvalue weighted by atomic mass is 15.2. The van der Waals surface area contributed by atoms with Crippen molar-refractivity contribution in [1.82, 2.24) is 13.5 Å². The molecule has 0 saturated carbocycles. The van der Waals surface area contributed by atoms with E-state index in [1.54, 1.807) is 4.57 Å². The Labute approximate surface area is 737 Å². The second-order valence-corrected chi connectivity index (χ2v) is 38.2. The van der Waals surface area contributed by atoms with E-state index in [1.165, 1.54) is 27.5 Å². The van der Waals surface area contributed by atoms with E-state index in [0.717, 1.165) is 177 Å². The summed E-state index contributed by atoms with van der Waals surface area (Å²) >= 11 is 0. The number of rotatable bonds is 8. The molecule has 0 saturated heterocycles. The molecule has 5 nitrogen and oxygen atoms in total. The van der Waals surface area contributed by atoms with Crippen molar-refractivity contribution in [1.29, 1.82) is 0 Å². The fourth-order valence-corrected chi connectivity index (χ4v) is 20.5. The number of benzene rings is 17. The minimum absolute atomic E-state index is 0.00376. The largest absolute Gasteiger partial charge is 0.310 e. The van der Waals surface area contributed by atoms with Gasteiger partial charge in [-0.3, -0.25) is 0 Å². The van der Waals surface area contributed by atoms with Gasteiger partial charge in [-0.15, -0.1) is 0 Å². The molecule has 4 aromatic heterocycles. The van der Waals surface area contributed by atoms with E-state index in [9.17, 15) is 11.0 Å². The fourth-order valence-electron chi connectivity index (χ4n) is 20.5. The normalized spacial score (nSPS) is 14.0. The van der Waals surface area contributed by atoms with E-state index >= 15 is 0 Å². The van der Waals surface area contributed by atoms with E-state index in [1.807, 2.05) is 6.07 Å². The highest BCUT2D eigenvalue weighted by Gasteiger charge is 2.48. The minimum atomic E-state index is -0.640. The Bertz CT molecular complexity index is 8330. The Hall–Kier alpha value is -14.2. The topological polar surface area (TPSA) is 20.8 Å². The van der Waals surface area contributed by atoms with E-state index in [2.05, 4.69) is 411 Å². The number of para-hydroxylation sites is 4. The van der Waals surface area contributed by atoms with Crippen molar-refractivity contribution in [2.75, 3.05) is 9.80 Å². The number of hydrogen-bond donors (Lipinski definition) is 0. The van der Waals surface area contributed by atoms with Gasteiger partial charge in [0.05, 0.1) is 66.6 Å². The maximum absolute atomic E-state index is 10.2. The average Bonchev–Trinajstić information content (AvgIpc) is 1.06. The van der Waals surface area contributed by atoms with Gasteiger partial charge in [0, 0.05) is 93.8 Å². The second kappa shape index (κ2) is 27.7. The van der Waals surface area contributed by atoms with Gasteiger partial charge >= 0.3 is 0 Å². The average molecular weight is 1600 g/mol. The van der Waals surface area contributed by atoms with Crippen molar-refractivity contribution in [3.05, 3.63) is 386 Å².